The summed E-state index contributed by atoms with van der Waals surface area (Å²) in [4.78, 5) is 14.4. The third kappa shape index (κ3) is 3.57. The fourth-order valence-electron chi connectivity index (χ4n) is 2.44. The van der Waals surface area contributed by atoms with Crippen molar-refractivity contribution in [1.82, 2.24) is 5.32 Å². The molecular formula is C15H23NO2S. The molecule has 0 aromatic carbocycles. The molecule has 1 aliphatic carbocycles. The van der Waals surface area contributed by atoms with E-state index >= 15 is 0 Å². The van der Waals surface area contributed by atoms with Gasteiger partial charge in [-0.2, -0.15) is 0 Å². The summed E-state index contributed by atoms with van der Waals surface area (Å²) in [6.07, 6.45) is 5.98. The predicted octanol–water partition coefficient (Wildman–Crippen LogP) is 2.76. The standard InChI is InChI=1S/C15H23NO2S/c1-10(2)12(9-17)16-15(18)14-8-11-6-4-3-5-7-13(11)19-14/h8,10,12,17H,3-7,9H2,1-2H3,(H,16,18)/t12-/m1/s1. The number of rotatable bonds is 4. The summed E-state index contributed by atoms with van der Waals surface area (Å²) in [5.74, 6) is 0.206. The van der Waals surface area contributed by atoms with Crippen LogP contribution in [0, 0.1) is 5.92 Å². The van der Waals surface area contributed by atoms with Gasteiger partial charge in [-0.3, -0.25) is 4.79 Å². The van der Waals surface area contributed by atoms with Crippen molar-refractivity contribution in [3.05, 3.63) is 21.4 Å². The van der Waals surface area contributed by atoms with Crippen molar-refractivity contribution in [1.29, 1.82) is 0 Å². The molecule has 0 unspecified atom stereocenters. The Balaban J connectivity index is 2.07. The summed E-state index contributed by atoms with van der Waals surface area (Å²) in [6, 6.07) is 1.89. The summed E-state index contributed by atoms with van der Waals surface area (Å²) in [6.45, 7) is 4.00. The van der Waals surface area contributed by atoms with E-state index in [0.29, 0.717) is 0 Å². The van der Waals surface area contributed by atoms with Crippen molar-refractivity contribution in [2.24, 2.45) is 5.92 Å². The summed E-state index contributed by atoms with van der Waals surface area (Å²) >= 11 is 1.63. The van der Waals surface area contributed by atoms with Crippen LogP contribution in [0.4, 0.5) is 0 Å². The summed E-state index contributed by atoms with van der Waals surface area (Å²) in [5, 5.41) is 12.2. The highest BCUT2D eigenvalue weighted by atomic mass is 32.1. The molecule has 0 spiro atoms. The molecule has 0 fully saturated rings. The van der Waals surface area contributed by atoms with E-state index < -0.39 is 0 Å². The fourth-order valence-corrected chi connectivity index (χ4v) is 3.60. The molecule has 0 saturated carbocycles. The lowest BCUT2D eigenvalue weighted by atomic mass is 10.1. The van der Waals surface area contributed by atoms with Gasteiger partial charge in [-0.05, 0) is 43.2 Å². The summed E-state index contributed by atoms with van der Waals surface area (Å²) in [5.41, 5.74) is 1.36. The van der Waals surface area contributed by atoms with Crippen LogP contribution < -0.4 is 5.32 Å². The van der Waals surface area contributed by atoms with Gasteiger partial charge in [0.05, 0.1) is 17.5 Å². The highest BCUT2D eigenvalue weighted by Crippen LogP contribution is 2.29. The number of fused-ring (bicyclic) bond motifs is 1. The van der Waals surface area contributed by atoms with Crippen LogP contribution in [-0.2, 0) is 12.8 Å². The Morgan fingerprint density at radius 3 is 2.79 bits per heavy atom. The average molecular weight is 281 g/mol. The van der Waals surface area contributed by atoms with E-state index in [1.54, 1.807) is 11.3 Å². The molecule has 4 heteroatoms. The Labute approximate surface area is 119 Å². The number of carbonyl (C=O) groups is 1. The largest absolute Gasteiger partial charge is 0.394 e. The van der Waals surface area contributed by atoms with E-state index in [4.69, 9.17) is 0 Å². The van der Waals surface area contributed by atoms with Gasteiger partial charge in [0.2, 0.25) is 0 Å². The zero-order valence-electron chi connectivity index (χ0n) is 11.7. The van der Waals surface area contributed by atoms with Crippen LogP contribution in [0.5, 0.6) is 0 Å². The zero-order chi connectivity index (χ0) is 13.8. The molecule has 0 saturated heterocycles. The number of nitrogens with one attached hydrogen (secondary N) is 1. The van der Waals surface area contributed by atoms with Crippen molar-refractivity contribution >= 4 is 17.2 Å². The van der Waals surface area contributed by atoms with Gasteiger partial charge in [-0.1, -0.05) is 20.3 Å². The highest BCUT2D eigenvalue weighted by Gasteiger charge is 2.20. The Hall–Kier alpha value is -0.870. The summed E-state index contributed by atoms with van der Waals surface area (Å²) in [7, 11) is 0. The first-order chi connectivity index (χ1) is 9.11. The van der Waals surface area contributed by atoms with Gasteiger partial charge < -0.3 is 10.4 Å². The molecule has 0 aliphatic heterocycles. The SMILES string of the molecule is CC(C)[C@@H](CO)NC(=O)c1cc2c(s1)CCCCC2. The molecule has 19 heavy (non-hydrogen) atoms. The summed E-state index contributed by atoms with van der Waals surface area (Å²) < 4.78 is 0. The zero-order valence-corrected chi connectivity index (χ0v) is 12.6. The lowest BCUT2D eigenvalue weighted by Crippen LogP contribution is -2.40. The first-order valence-electron chi connectivity index (χ1n) is 7.15. The Kier molecular flexibility index (Phi) is 4.99. The Morgan fingerprint density at radius 2 is 2.11 bits per heavy atom. The molecule has 0 bridgehead atoms. The van der Waals surface area contributed by atoms with Crippen LogP contribution in [0.15, 0.2) is 6.07 Å². The molecule has 106 valence electrons. The minimum atomic E-state index is -0.158. The second kappa shape index (κ2) is 6.53. The molecule has 1 amide bonds. The minimum absolute atomic E-state index is 0.00546. The van der Waals surface area contributed by atoms with Crippen molar-refractivity contribution in [3.8, 4) is 0 Å². The third-order valence-electron chi connectivity index (χ3n) is 3.79. The van der Waals surface area contributed by atoms with Crippen LogP contribution in [0.3, 0.4) is 0 Å². The number of carbonyl (C=O) groups excluding carboxylic acids is 1. The number of amides is 1. The molecule has 0 radical (unpaired) electrons. The molecule has 1 aromatic rings. The van der Waals surface area contributed by atoms with Crippen LogP contribution in [0.1, 0.15) is 53.2 Å². The van der Waals surface area contributed by atoms with E-state index in [0.717, 1.165) is 17.7 Å². The fraction of sp³-hybridized carbons (Fsp3) is 0.667. The molecule has 1 atom stereocenters. The number of hydrogen-bond donors (Lipinski definition) is 2. The normalized spacial score (nSPS) is 16.8. The third-order valence-corrected chi connectivity index (χ3v) is 5.02. The molecular weight excluding hydrogens is 258 g/mol. The van der Waals surface area contributed by atoms with Crippen LogP contribution >= 0.6 is 11.3 Å². The van der Waals surface area contributed by atoms with Crippen LogP contribution in [-0.4, -0.2) is 23.7 Å². The van der Waals surface area contributed by atoms with E-state index in [1.807, 2.05) is 13.8 Å². The number of aliphatic hydroxyl groups excluding tert-OH is 1. The van der Waals surface area contributed by atoms with E-state index in [1.165, 1.54) is 29.7 Å². The average Bonchev–Trinajstić information content (AvgIpc) is 2.67. The van der Waals surface area contributed by atoms with Crippen molar-refractivity contribution < 1.29 is 9.90 Å². The lowest BCUT2D eigenvalue weighted by Gasteiger charge is -2.19. The van der Waals surface area contributed by atoms with Gasteiger partial charge >= 0.3 is 0 Å². The van der Waals surface area contributed by atoms with E-state index in [-0.39, 0.29) is 24.5 Å². The van der Waals surface area contributed by atoms with Gasteiger partial charge in [-0.15, -0.1) is 11.3 Å². The first kappa shape index (κ1) is 14.5. The molecule has 1 aromatic heterocycles. The second-order valence-corrected chi connectivity index (χ2v) is 6.76. The molecule has 2 N–H and O–H groups in total. The van der Waals surface area contributed by atoms with Crippen molar-refractivity contribution in [3.63, 3.8) is 0 Å². The highest BCUT2D eigenvalue weighted by molar-refractivity contribution is 7.14. The maximum absolute atomic E-state index is 12.2. The molecule has 1 aliphatic rings. The number of thiophene rings is 1. The quantitative estimate of drug-likeness (QED) is 0.834. The van der Waals surface area contributed by atoms with Crippen LogP contribution in [0.2, 0.25) is 0 Å². The van der Waals surface area contributed by atoms with Gasteiger partial charge in [-0.25, -0.2) is 0 Å². The van der Waals surface area contributed by atoms with Crippen molar-refractivity contribution in [2.45, 2.75) is 52.0 Å². The smallest absolute Gasteiger partial charge is 0.261 e. The number of hydrogen-bond acceptors (Lipinski definition) is 3. The number of aryl methyl sites for hydroxylation is 2. The maximum atomic E-state index is 12.2. The number of aliphatic hydroxyl groups is 1. The maximum Gasteiger partial charge on any atom is 0.261 e. The van der Waals surface area contributed by atoms with Crippen LogP contribution in [0.25, 0.3) is 0 Å². The Bertz CT molecular complexity index is 416. The topological polar surface area (TPSA) is 49.3 Å². The molecule has 1 heterocycles. The van der Waals surface area contributed by atoms with Gasteiger partial charge in [0.15, 0.2) is 0 Å². The van der Waals surface area contributed by atoms with E-state index in [9.17, 15) is 9.90 Å². The monoisotopic (exact) mass is 281 g/mol. The van der Waals surface area contributed by atoms with Gasteiger partial charge in [0.1, 0.15) is 0 Å². The van der Waals surface area contributed by atoms with Crippen molar-refractivity contribution in [2.75, 3.05) is 6.61 Å². The van der Waals surface area contributed by atoms with E-state index in [2.05, 4.69) is 11.4 Å². The first-order valence-corrected chi connectivity index (χ1v) is 7.96. The predicted molar refractivity (Wildman–Crippen MR) is 78.8 cm³/mol. The second-order valence-electron chi connectivity index (χ2n) is 5.63. The molecule has 2 rings (SSSR count). The van der Waals surface area contributed by atoms with Gasteiger partial charge in [0.25, 0.3) is 5.91 Å². The van der Waals surface area contributed by atoms with Gasteiger partial charge in [0, 0.05) is 4.88 Å². The molecule has 3 nitrogen and oxygen atoms in total. The lowest BCUT2D eigenvalue weighted by molar-refractivity contribution is 0.0901. The minimum Gasteiger partial charge on any atom is -0.394 e. The Morgan fingerprint density at radius 1 is 1.37 bits per heavy atom.